The average molecular weight is 310 g/mol. The Kier molecular flexibility index (Phi) is 4.75. The zero-order valence-corrected chi connectivity index (χ0v) is 15.6. The smallest absolute Gasteiger partial charge is 0.545 e. The van der Waals surface area contributed by atoms with Gasteiger partial charge in [0.25, 0.3) is 5.56 Å². The molecule has 0 spiro atoms. The number of carboxylic acids is 1. The number of hydrogen-bond acceptors (Lipinski definition) is 4. The number of benzene rings is 1. The zero-order valence-electron chi connectivity index (χ0n) is 12.5. The predicted molar refractivity (Wildman–Crippen MR) is 72.4 cm³/mol. The summed E-state index contributed by atoms with van der Waals surface area (Å²) in [5, 5.41) is 11.3. The van der Waals surface area contributed by atoms with E-state index in [1.54, 1.807) is 4.57 Å². The summed E-state index contributed by atoms with van der Waals surface area (Å²) >= 11 is 0. The minimum Gasteiger partial charge on any atom is -0.545 e. The number of aryl methyl sites for hydroxylation is 1. The summed E-state index contributed by atoms with van der Waals surface area (Å²) in [6.45, 7) is 4.91. The number of hydrogen-bond donors (Lipinski definition) is 0. The van der Waals surface area contributed by atoms with E-state index in [-0.39, 0.29) is 67.9 Å². The van der Waals surface area contributed by atoms with E-state index in [1.165, 1.54) is 18.2 Å². The Labute approximate surface area is 164 Å². The van der Waals surface area contributed by atoms with Crippen LogP contribution in [0.3, 0.4) is 0 Å². The van der Waals surface area contributed by atoms with Crippen LogP contribution in [0.2, 0.25) is 0 Å². The van der Waals surface area contributed by atoms with Gasteiger partial charge in [-0.15, -0.1) is 0 Å². The van der Waals surface area contributed by atoms with Gasteiger partial charge in [-0.25, -0.2) is 4.98 Å². The molecule has 1 aliphatic heterocycles. The number of carboxylic acid groups (broad SMARTS) is 1. The van der Waals surface area contributed by atoms with Crippen LogP contribution in [0.5, 0.6) is 0 Å². The van der Waals surface area contributed by atoms with E-state index in [2.05, 4.69) is 18.8 Å². The fourth-order valence-corrected chi connectivity index (χ4v) is 2.71. The normalized spacial score (nSPS) is 16.1. The standard InChI is InChI=1S/C15H16N2O3.K/c1-15(2)6-5-12-16-11-7-9(14(19)20)3-4-10(11)13(18)17(12)8-15;/h3-4,7H,5-6,8H2,1-2H3,(H,19,20);/q;+1/p-1. The van der Waals surface area contributed by atoms with E-state index < -0.39 is 5.97 Å². The van der Waals surface area contributed by atoms with Crippen LogP contribution in [0.1, 0.15) is 36.5 Å². The van der Waals surface area contributed by atoms with E-state index in [9.17, 15) is 14.7 Å². The van der Waals surface area contributed by atoms with Crippen molar-refractivity contribution >= 4 is 16.9 Å². The molecule has 0 unspecified atom stereocenters. The molecule has 1 aromatic carbocycles. The zero-order chi connectivity index (χ0) is 14.5. The topological polar surface area (TPSA) is 75.0 Å². The monoisotopic (exact) mass is 310 g/mol. The van der Waals surface area contributed by atoms with E-state index >= 15 is 0 Å². The van der Waals surface area contributed by atoms with Gasteiger partial charge in [-0.3, -0.25) is 9.36 Å². The fraction of sp³-hybridized carbons (Fsp3) is 0.400. The molecule has 1 aromatic heterocycles. The van der Waals surface area contributed by atoms with Crippen LogP contribution in [-0.4, -0.2) is 15.5 Å². The SMILES string of the molecule is CC1(C)CCc2nc3cc(C(=O)[O-])ccc3c(=O)n2C1.[K+]. The van der Waals surface area contributed by atoms with Crippen molar-refractivity contribution in [2.24, 2.45) is 5.41 Å². The van der Waals surface area contributed by atoms with Gasteiger partial charge in [0.05, 0.1) is 16.9 Å². The third-order valence-corrected chi connectivity index (χ3v) is 3.88. The second-order valence-corrected chi connectivity index (χ2v) is 6.10. The van der Waals surface area contributed by atoms with Crippen LogP contribution in [0, 0.1) is 5.41 Å². The van der Waals surface area contributed by atoms with Crippen molar-refractivity contribution in [1.82, 2.24) is 9.55 Å². The molecule has 21 heavy (non-hydrogen) atoms. The number of nitrogens with zero attached hydrogens (tertiary/aromatic N) is 2. The molecule has 5 nitrogen and oxygen atoms in total. The molecule has 3 rings (SSSR count). The largest absolute Gasteiger partial charge is 1.00 e. The van der Waals surface area contributed by atoms with Gasteiger partial charge < -0.3 is 9.90 Å². The van der Waals surface area contributed by atoms with Crippen molar-refractivity contribution < 1.29 is 61.3 Å². The summed E-state index contributed by atoms with van der Waals surface area (Å²) in [5.41, 5.74) is 0.465. The maximum absolute atomic E-state index is 12.5. The number of rotatable bonds is 1. The summed E-state index contributed by atoms with van der Waals surface area (Å²) in [5.74, 6) is -0.523. The Balaban J connectivity index is 0.00000161. The Morgan fingerprint density at radius 1 is 1.38 bits per heavy atom. The third kappa shape index (κ3) is 3.14. The van der Waals surface area contributed by atoms with Crippen LogP contribution in [0.15, 0.2) is 23.0 Å². The van der Waals surface area contributed by atoms with Crippen molar-refractivity contribution in [3.05, 3.63) is 39.9 Å². The molecule has 6 heteroatoms. The second kappa shape index (κ2) is 5.93. The first-order valence-electron chi connectivity index (χ1n) is 6.62. The molecule has 2 aromatic rings. The van der Waals surface area contributed by atoms with Gasteiger partial charge in [0.1, 0.15) is 5.82 Å². The van der Waals surface area contributed by atoms with E-state index in [0.717, 1.165) is 18.7 Å². The van der Waals surface area contributed by atoms with Crippen LogP contribution in [-0.2, 0) is 13.0 Å². The van der Waals surface area contributed by atoms with Crippen LogP contribution >= 0.6 is 0 Å². The molecule has 0 N–H and O–H groups in total. The Morgan fingerprint density at radius 2 is 2.10 bits per heavy atom. The van der Waals surface area contributed by atoms with Gasteiger partial charge in [-0.05, 0) is 29.5 Å². The second-order valence-electron chi connectivity index (χ2n) is 6.10. The third-order valence-electron chi connectivity index (χ3n) is 3.88. The van der Waals surface area contributed by atoms with Crippen molar-refractivity contribution in [2.45, 2.75) is 33.2 Å². The molecule has 2 heterocycles. The van der Waals surface area contributed by atoms with Crippen molar-refractivity contribution in [3.8, 4) is 0 Å². The molecule has 0 atom stereocenters. The van der Waals surface area contributed by atoms with Crippen molar-refractivity contribution in [3.63, 3.8) is 0 Å². The predicted octanol–water partition coefficient (Wildman–Crippen LogP) is -2.26. The summed E-state index contributed by atoms with van der Waals surface area (Å²) < 4.78 is 1.71. The van der Waals surface area contributed by atoms with Crippen LogP contribution in [0.4, 0.5) is 0 Å². The Bertz CT molecular complexity index is 780. The number of carbonyl (C=O) groups excluding carboxylic acids is 1. The van der Waals surface area contributed by atoms with Gasteiger partial charge in [-0.1, -0.05) is 19.9 Å². The van der Waals surface area contributed by atoms with E-state index in [4.69, 9.17) is 0 Å². The molecule has 0 saturated carbocycles. The van der Waals surface area contributed by atoms with Crippen LogP contribution in [0.25, 0.3) is 10.9 Å². The molecule has 0 amide bonds. The molecule has 1 aliphatic rings. The van der Waals surface area contributed by atoms with E-state index in [1.807, 2.05) is 0 Å². The van der Waals surface area contributed by atoms with Gasteiger partial charge in [0, 0.05) is 13.0 Å². The van der Waals surface area contributed by atoms with Gasteiger partial charge in [0.2, 0.25) is 0 Å². The van der Waals surface area contributed by atoms with Crippen LogP contribution < -0.4 is 62.1 Å². The maximum atomic E-state index is 12.5. The quantitative estimate of drug-likeness (QED) is 0.557. The van der Waals surface area contributed by atoms with Gasteiger partial charge in [0.15, 0.2) is 0 Å². The molecule has 104 valence electrons. The molecule has 0 bridgehead atoms. The summed E-state index contributed by atoms with van der Waals surface area (Å²) in [6.07, 6.45) is 1.69. The number of aromatic nitrogens is 2. The molecular formula is C15H15KN2O3. The van der Waals surface area contributed by atoms with E-state index in [0.29, 0.717) is 17.4 Å². The number of fused-ring (bicyclic) bond motifs is 2. The molecule has 0 aliphatic carbocycles. The van der Waals surface area contributed by atoms with Crippen molar-refractivity contribution in [2.75, 3.05) is 0 Å². The van der Waals surface area contributed by atoms with Gasteiger partial charge >= 0.3 is 51.4 Å². The number of carbonyl (C=O) groups is 1. The summed E-state index contributed by atoms with van der Waals surface area (Å²) in [7, 11) is 0. The minimum atomic E-state index is -1.26. The maximum Gasteiger partial charge on any atom is 1.00 e. The van der Waals surface area contributed by atoms with Gasteiger partial charge in [-0.2, -0.15) is 0 Å². The first-order chi connectivity index (χ1) is 9.37. The molecule has 0 radical (unpaired) electrons. The average Bonchev–Trinajstić information content (AvgIpc) is 2.39. The Morgan fingerprint density at radius 3 is 2.76 bits per heavy atom. The molecular weight excluding hydrogens is 295 g/mol. The molecule has 0 fully saturated rings. The first kappa shape index (κ1) is 16.8. The molecule has 0 saturated heterocycles. The first-order valence-corrected chi connectivity index (χ1v) is 6.62. The summed E-state index contributed by atoms with van der Waals surface area (Å²) in [6, 6.07) is 4.32. The number of aromatic carboxylic acids is 1. The van der Waals surface area contributed by atoms with Crippen molar-refractivity contribution in [1.29, 1.82) is 0 Å². The fourth-order valence-electron chi connectivity index (χ4n) is 2.71. The minimum absolute atomic E-state index is 0. The Hall–Kier alpha value is -0.534. The summed E-state index contributed by atoms with van der Waals surface area (Å²) in [4.78, 5) is 27.8.